The lowest BCUT2D eigenvalue weighted by atomic mass is 9.90. The number of aromatic nitrogens is 2. The van der Waals surface area contributed by atoms with Gasteiger partial charge in [-0.2, -0.15) is 5.26 Å². The Labute approximate surface area is 138 Å². The number of hydrogen-bond acceptors (Lipinski definition) is 5. The summed E-state index contributed by atoms with van der Waals surface area (Å²) in [6.07, 6.45) is 1.39. The maximum Gasteiger partial charge on any atom is 0.262 e. The molecule has 1 N–H and O–H groups in total. The Bertz CT molecular complexity index is 859. The van der Waals surface area contributed by atoms with E-state index in [4.69, 9.17) is 0 Å². The molecular weight excluding hydrogens is 312 g/mol. The SMILES string of the molecule is Cc1sc2ncn(CC(=O)N[C@@](C)(C#N)C(C)C)c(=O)c2c1C. The number of amides is 1. The summed E-state index contributed by atoms with van der Waals surface area (Å²) in [5.74, 6) is -0.425. The minimum absolute atomic E-state index is 0.0458. The molecule has 2 aromatic rings. The molecule has 0 aliphatic rings. The highest BCUT2D eigenvalue weighted by atomic mass is 32.1. The highest BCUT2D eigenvalue weighted by Gasteiger charge is 2.30. The van der Waals surface area contributed by atoms with Gasteiger partial charge < -0.3 is 5.32 Å². The highest BCUT2D eigenvalue weighted by molar-refractivity contribution is 7.18. The minimum atomic E-state index is -0.965. The van der Waals surface area contributed by atoms with Crippen LogP contribution < -0.4 is 10.9 Å². The van der Waals surface area contributed by atoms with Crippen LogP contribution in [0, 0.1) is 31.1 Å². The molecule has 23 heavy (non-hydrogen) atoms. The normalized spacial score (nSPS) is 13.8. The lowest BCUT2D eigenvalue weighted by Crippen LogP contribution is -2.50. The molecule has 2 heterocycles. The number of aryl methyl sites for hydroxylation is 2. The van der Waals surface area contributed by atoms with E-state index in [9.17, 15) is 14.9 Å². The third-order valence-electron chi connectivity index (χ3n) is 4.26. The van der Waals surface area contributed by atoms with Crippen molar-refractivity contribution in [3.63, 3.8) is 0 Å². The standard InChI is InChI=1S/C16H20N4O2S/c1-9(2)16(5,7-17)19-12(21)6-20-8-18-14-13(15(20)22)10(3)11(4)23-14/h8-9H,6H2,1-5H3,(H,19,21)/t16-/m0/s1. The Balaban J connectivity index is 2.31. The number of nitrogens with one attached hydrogen (secondary N) is 1. The van der Waals surface area contributed by atoms with Crippen LogP contribution in [-0.2, 0) is 11.3 Å². The van der Waals surface area contributed by atoms with E-state index < -0.39 is 5.54 Å². The third-order valence-corrected chi connectivity index (χ3v) is 5.37. The summed E-state index contributed by atoms with van der Waals surface area (Å²) in [7, 11) is 0. The van der Waals surface area contributed by atoms with Crippen LogP contribution in [0.2, 0.25) is 0 Å². The summed E-state index contributed by atoms with van der Waals surface area (Å²) in [6, 6.07) is 2.12. The van der Waals surface area contributed by atoms with Crippen molar-refractivity contribution < 1.29 is 4.79 Å². The summed E-state index contributed by atoms with van der Waals surface area (Å²) in [5, 5.41) is 12.5. The second-order valence-electron chi connectivity index (χ2n) is 6.16. The zero-order chi connectivity index (χ0) is 17.4. The number of nitriles is 1. The first-order valence-corrected chi connectivity index (χ1v) is 8.18. The van der Waals surface area contributed by atoms with Crippen molar-refractivity contribution >= 4 is 27.5 Å². The van der Waals surface area contributed by atoms with Crippen LogP contribution in [-0.4, -0.2) is 21.0 Å². The number of carbonyl (C=O) groups is 1. The van der Waals surface area contributed by atoms with Crippen LogP contribution in [0.1, 0.15) is 31.2 Å². The van der Waals surface area contributed by atoms with Gasteiger partial charge >= 0.3 is 0 Å². The van der Waals surface area contributed by atoms with E-state index in [1.54, 1.807) is 6.92 Å². The second kappa shape index (κ2) is 6.13. The summed E-state index contributed by atoms with van der Waals surface area (Å²) in [5.41, 5.74) is -0.288. The van der Waals surface area contributed by atoms with Crippen molar-refractivity contribution in [2.45, 2.75) is 46.7 Å². The topological polar surface area (TPSA) is 87.8 Å². The Kier molecular flexibility index (Phi) is 4.57. The summed E-state index contributed by atoms with van der Waals surface area (Å²) in [4.78, 5) is 30.8. The average Bonchev–Trinajstić information content (AvgIpc) is 2.77. The molecule has 0 unspecified atom stereocenters. The minimum Gasteiger partial charge on any atom is -0.336 e. The van der Waals surface area contributed by atoms with Gasteiger partial charge in [-0.25, -0.2) is 4.98 Å². The Morgan fingerprint density at radius 2 is 2.17 bits per heavy atom. The maximum atomic E-state index is 12.6. The van der Waals surface area contributed by atoms with E-state index in [0.717, 1.165) is 10.4 Å². The molecule has 0 radical (unpaired) electrons. The van der Waals surface area contributed by atoms with E-state index >= 15 is 0 Å². The van der Waals surface area contributed by atoms with Gasteiger partial charge in [-0.1, -0.05) is 13.8 Å². The maximum absolute atomic E-state index is 12.6. The Morgan fingerprint density at radius 3 is 2.74 bits per heavy atom. The Hall–Kier alpha value is -2.20. The number of rotatable bonds is 4. The molecule has 0 fully saturated rings. The molecule has 0 saturated heterocycles. The predicted octanol–water partition coefficient (Wildman–Crippen LogP) is 2.13. The van der Waals surface area contributed by atoms with E-state index in [0.29, 0.717) is 10.2 Å². The van der Waals surface area contributed by atoms with Gasteiger partial charge in [0.25, 0.3) is 5.56 Å². The molecular formula is C16H20N4O2S. The van der Waals surface area contributed by atoms with Crippen molar-refractivity contribution in [2.24, 2.45) is 5.92 Å². The fourth-order valence-corrected chi connectivity index (χ4v) is 3.16. The lowest BCUT2D eigenvalue weighted by Gasteiger charge is -2.27. The van der Waals surface area contributed by atoms with Crippen molar-refractivity contribution in [3.8, 4) is 6.07 Å². The van der Waals surface area contributed by atoms with Crippen LogP contribution in [0.15, 0.2) is 11.1 Å². The first-order valence-electron chi connectivity index (χ1n) is 7.37. The van der Waals surface area contributed by atoms with Gasteiger partial charge in [0.15, 0.2) is 0 Å². The van der Waals surface area contributed by atoms with Crippen LogP contribution in [0.4, 0.5) is 0 Å². The predicted molar refractivity (Wildman–Crippen MR) is 90.4 cm³/mol. The van der Waals surface area contributed by atoms with Gasteiger partial charge in [0.05, 0.1) is 17.8 Å². The monoisotopic (exact) mass is 332 g/mol. The second-order valence-corrected chi connectivity index (χ2v) is 7.36. The lowest BCUT2D eigenvalue weighted by molar-refractivity contribution is -0.123. The van der Waals surface area contributed by atoms with Crippen LogP contribution in [0.5, 0.6) is 0 Å². The van der Waals surface area contributed by atoms with Gasteiger partial charge in [-0.05, 0) is 32.3 Å². The average molecular weight is 332 g/mol. The molecule has 2 aromatic heterocycles. The van der Waals surface area contributed by atoms with Gasteiger partial charge in [-0.15, -0.1) is 11.3 Å². The largest absolute Gasteiger partial charge is 0.336 e. The zero-order valence-corrected chi connectivity index (χ0v) is 14.7. The smallest absolute Gasteiger partial charge is 0.262 e. The quantitative estimate of drug-likeness (QED) is 0.929. The van der Waals surface area contributed by atoms with E-state index in [1.165, 1.54) is 22.2 Å². The molecule has 0 aliphatic heterocycles. The molecule has 122 valence electrons. The van der Waals surface area contributed by atoms with Crippen molar-refractivity contribution in [3.05, 3.63) is 27.1 Å². The first kappa shape index (κ1) is 17.2. The van der Waals surface area contributed by atoms with Crippen molar-refractivity contribution in [1.82, 2.24) is 14.9 Å². The van der Waals surface area contributed by atoms with E-state index in [1.807, 2.05) is 27.7 Å². The molecule has 1 atom stereocenters. The first-order chi connectivity index (χ1) is 10.7. The third kappa shape index (κ3) is 3.13. The molecule has 0 aromatic carbocycles. The van der Waals surface area contributed by atoms with E-state index in [2.05, 4.69) is 16.4 Å². The Morgan fingerprint density at radius 1 is 1.52 bits per heavy atom. The van der Waals surface area contributed by atoms with E-state index in [-0.39, 0.29) is 23.9 Å². The number of fused-ring (bicyclic) bond motifs is 1. The van der Waals surface area contributed by atoms with Gasteiger partial charge in [0.2, 0.25) is 5.91 Å². The molecule has 6 nitrogen and oxygen atoms in total. The molecule has 0 aliphatic carbocycles. The molecule has 0 saturated carbocycles. The van der Waals surface area contributed by atoms with Crippen LogP contribution >= 0.6 is 11.3 Å². The fourth-order valence-electron chi connectivity index (χ4n) is 2.17. The zero-order valence-electron chi connectivity index (χ0n) is 13.9. The van der Waals surface area contributed by atoms with Gasteiger partial charge in [-0.3, -0.25) is 14.2 Å². The van der Waals surface area contributed by atoms with Crippen LogP contribution in [0.3, 0.4) is 0 Å². The van der Waals surface area contributed by atoms with Gasteiger partial charge in [0.1, 0.15) is 16.9 Å². The highest BCUT2D eigenvalue weighted by Crippen LogP contribution is 2.25. The number of hydrogen-bond donors (Lipinski definition) is 1. The molecule has 1 amide bonds. The number of nitrogens with zero attached hydrogens (tertiary/aromatic N) is 3. The van der Waals surface area contributed by atoms with Crippen LogP contribution in [0.25, 0.3) is 10.2 Å². The van der Waals surface area contributed by atoms with Gasteiger partial charge in [0, 0.05) is 4.88 Å². The number of carbonyl (C=O) groups excluding carboxylic acids is 1. The molecule has 7 heteroatoms. The van der Waals surface area contributed by atoms with Crippen molar-refractivity contribution in [1.29, 1.82) is 5.26 Å². The fraction of sp³-hybridized carbons (Fsp3) is 0.500. The summed E-state index contributed by atoms with van der Waals surface area (Å²) < 4.78 is 1.29. The molecule has 0 spiro atoms. The summed E-state index contributed by atoms with van der Waals surface area (Å²) in [6.45, 7) is 9.07. The number of thiophene rings is 1. The molecule has 0 bridgehead atoms. The summed E-state index contributed by atoms with van der Waals surface area (Å²) >= 11 is 1.47. The van der Waals surface area contributed by atoms with Crippen molar-refractivity contribution in [2.75, 3.05) is 0 Å². The molecule has 2 rings (SSSR count).